The van der Waals surface area contributed by atoms with E-state index in [1.54, 1.807) is 6.07 Å². The molecular formula is C26H34F2N4O6SSi. The summed E-state index contributed by atoms with van der Waals surface area (Å²) in [4.78, 5) is 39.4. The van der Waals surface area contributed by atoms with Crippen molar-refractivity contribution in [2.75, 3.05) is 40.4 Å². The minimum atomic E-state index is -3.84. The number of sulfonamides is 1. The Morgan fingerprint density at radius 2 is 1.82 bits per heavy atom. The molecule has 0 bridgehead atoms. The van der Waals surface area contributed by atoms with Crippen molar-refractivity contribution in [2.45, 2.75) is 56.9 Å². The highest BCUT2D eigenvalue weighted by Crippen LogP contribution is 2.44. The third kappa shape index (κ3) is 7.27. The number of benzene rings is 1. The second-order valence-corrected chi connectivity index (χ2v) is 18.3. The average Bonchev–Trinajstić information content (AvgIpc) is 2.83. The van der Waals surface area contributed by atoms with Gasteiger partial charge in [-0.05, 0) is 42.4 Å². The van der Waals surface area contributed by atoms with Crippen LogP contribution in [0.5, 0.6) is 0 Å². The lowest BCUT2D eigenvalue weighted by Gasteiger charge is -2.38. The van der Waals surface area contributed by atoms with Gasteiger partial charge in [-0.15, -0.1) is 0 Å². The third-order valence-corrected chi connectivity index (χ3v) is 11.7. The lowest BCUT2D eigenvalue weighted by molar-refractivity contribution is -0.140. The van der Waals surface area contributed by atoms with E-state index >= 15 is 0 Å². The number of halogens is 2. The quantitative estimate of drug-likeness (QED) is 0.332. The molecule has 1 aliphatic heterocycles. The van der Waals surface area contributed by atoms with Crippen molar-refractivity contribution in [1.29, 1.82) is 0 Å². The van der Waals surface area contributed by atoms with E-state index in [0.717, 1.165) is 12.1 Å². The van der Waals surface area contributed by atoms with Crippen LogP contribution < -0.4 is 20.5 Å². The number of carbonyl (C=O) groups excluding carboxylic acids is 2. The Morgan fingerprint density at radius 3 is 2.45 bits per heavy atom. The number of nitrogens with zero attached hydrogens (tertiary/aromatic N) is 2. The predicted octanol–water partition coefficient (Wildman–Crippen LogP) is 3.90. The molecule has 0 spiro atoms. The summed E-state index contributed by atoms with van der Waals surface area (Å²) in [6.07, 6.45) is 0.577. The van der Waals surface area contributed by atoms with Gasteiger partial charge in [0.1, 0.15) is 18.0 Å². The van der Waals surface area contributed by atoms with Gasteiger partial charge in [0.25, 0.3) is 17.4 Å². The van der Waals surface area contributed by atoms with Crippen molar-refractivity contribution in [1.82, 2.24) is 4.57 Å². The first kappa shape index (κ1) is 29.7. The Balaban J connectivity index is 1.59. The summed E-state index contributed by atoms with van der Waals surface area (Å²) in [6, 6.07) is 8.81. The minimum Gasteiger partial charge on any atom is -0.465 e. The topological polar surface area (TPSA) is 127 Å². The zero-order valence-corrected chi connectivity index (χ0v) is 24.5. The summed E-state index contributed by atoms with van der Waals surface area (Å²) in [7, 11) is -5.21. The lowest BCUT2D eigenvalue weighted by atomic mass is 9.88. The standard InChI is InChI=1S/C26H34F2N4O6SSi/c1-18(33)38-11-12-39(36,37)30-19-6-7-21(23(15-19)31-9-13-40(2,3)14-10-31)24(34)29-22-5-4-8-32(25(22)35)20-16-26(27,28)17-20/h4-8,15,20,30H,9-14,16-17H2,1-3H3,(H,29,34). The van der Waals surface area contributed by atoms with Gasteiger partial charge < -0.3 is 19.5 Å². The molecule has 2 N–H and O–H groups in total. The van der Waals surface area contributed by atoms with Crippen LogP contribution in [0.2, 0.25) is 25.2 Å². The van der Waals surface area contributed by atoms with Crippen molar-refractivity contribution in [3.8, 4) is 0 Å². The largest absolute Gasteiger partial charge is 0.465 e. The monoisotopic (exact) mass is 596 g/mol. The van der Waals surface area contributed by atoms with E-state index < -0.39 is 66.1 Å². The number of rotatable bonds is 9. The number of hydrogen-bond acceptors (Lipinski definition) is 7. The second kappa shape index (κ2) is 11.3. The summed E-state index contributed by atoms with van der Waals surface area (Å²) in [5.41, 5.74) is 0.396. The number of amides is 1. The Morgan fingerprint density at radius 1 is 1.15 bits per heavy atom. The molecule has 1 aromatic heterocycles. The van der Waals surface area contributed by atoms with Gasteiger partial charge in [0, 0.05) is 45.1 Å². The number of aromatic nitrogens is 1. The molecule has 1 saturated carbocycles. The van der Waals surface area contributed by atoms with E-state index in [1.165, 1.54) is 42.0 Å². The minimum absolute atomic E-state index is 0.0314. The fraction of sp³-hybridized carbons (Fsp3) is 0.500. The second-order valence-electron chi connectivity index (χ2n) is 11.2. The Kier molecular flexibility index (Phi) is 8.40. The molecule has 0 unspecified atom stereocenters. The molecule has 2 fully saturated rings. The van der Waals surface area contributed by atoms with E-state index in [0.29, 0.717) is 18.8 Å². The van der Waals surface area contributed by atoms with Crippen LogP contribution in [-0.4, -0.2) is 64.3 Å². The fourth-order valence-electron chi connectivity index (χ4n) is 4.84. The van der Waals surface area contributed by atoms with Gasteiger partial charge >= 0.3 is 5.97 Å². The van der Waals surface area contributed by atoms with Gasteiger partial charge in [-0.3, -0.25) is 19.1 Å². The molecule has 2 heterocycles. The smallest absolute Gasteiger partial charge is 0.302 e. The van der Waals surface area contributed by atoms with E-state index in [2.05, 4.69) is 23.1 Å². The van der Waals surface area contributed by atoms with Crippen LogP contribution in [0.1, 0.15) is 36.2 Å². The maximum atomic E-state index is 13.4. The lowest BCUT2D eigenvalue weighted by Crippen LogP contribution is -2.43. The first-order valence-corrected chi connectivity index (χ1v) is 18.1. The average molecular weight is 597 g/mol. The zero-order chi connectivity index (χ0) is 29.3. The van der Waals surface area contributed by atoms with E-state index in [1.807, 2.05) is 4.90 Å². The number of pyridine rings is 1. The van der Waals surface area contributed by atoms with Gasteiger partial charge in [0.15, 0.2) is 0 Å². The maximum Gasteiger partial charge on any atom is 0.302 e. The molecule has 0 atom stereocenters. The van der Waals surface area contributed by atoms with Gasteiger partial charge in [-0.2, -0.15) is 0 Å². The molecule has 1 aromatic carbocycles. The highest BCUT2D eigenvalue weighted by atomic mass is 32.2. The number of ether oxygens (including phenoxy) is 1. The molecule has 0 radical (unpaired) electrons. The third-order valence-electron chi connectivity index (χ3n) is 7.32. The number of nitrogens with one attached hydrogen (secondary N) is 2. The van der Waals surface area contributed by atoms with E-state index in [-0.39, 0.29) is 23.5 Å². The Labute approximate surface area is 232 Å². The molecule has 1 saturated heterocycles. The van der Waals surface area contributed by atoms with Crippen LogP contribution >= 0.6 is 0 Å². The van der Waals surface area contributed by atoms with Crippen molar-refractivity contribution >= 4 is 47.0 Å². The molecule has 2 aliphatic rings. The highest BCUT2D eigenvalue weighted by Gasteiger charge is 2.46. The predicted molar refractivity (Wildman–Crippen MR) is 152 cm³/mol. The molecule has 14 heteroatoms. The van der Waals surface area contributed by atoms with Crippen LogP contribution in [-0.2, 0) is 19.6 Å². The summed E-state index contributed by atoms with van der Waals surface area (Å²) in [5, 5.41) is 2.63. The zero-order valence-electron chi connectivity index (χ0n) is 22.7. The van der Waals surface area contributed by atoms with Crippen molar-refractivity contribution in [3.63, 3.8) is 0 Å². The number of esters is 1. The maximum absolute atomic E-state index is 13.4. The molecule has 218 valence electrons. The summed E-state index contributed by atoms with van der Waals surface area (Å²) in [6.45, 7) is 6.87. The molecule has 1 aliphatic carbocycles. The summed E-state index contributed by atoms with van der Waals surface area (Å²) in [5.74, 6) is -4.38. The summed E-state index contributed by atoms with van der Waals surface area (Å²) >= 11 is 0. The Hall–Kier alpha value is -3.26. The van der Waals surface area contributed by atoms with Gasteiger partial charge in [0.05, 0.1) is 25.0 Å². The normalized spacial score (nSPS) is 18.5. The van der Waals surface area contributed by atoms with Gasteiger partial charge in [0.2, 0.25) is 10.0 Å². The van der Waals surface area contributed by atoms with Crippen molar-refractivity contribution in [2.24, 2.45) is 0 Å². The van der Waals surface area contributed by atoms with Crippen molar-refractivity contribution in [3.05, 3.63) is 52.4 Å². The SMILES string of the molecule is CC(=O)OCCS(=O)(=O)Nc1ccc(C(=O)Nc2cccn(C3CC(F)(F)C3)c2=O)c(N2CC[Si](C)(C)CC2)c1. The first-order valence-electron chi connectivity index (χ1n) is 13.1. The first-order chi connectivity index (χ1) is 18.6. The molecule has 40 heavy (non-hydrogen) atoms. The summed E-state index contributed by atoms with van der Waals surface area (Å²) < 4.78 is 60.3. The van der Waals surface area contributed by atoms with Crippen LogP contribution in [0, 0.1) is 0 Å². The van der Waals surface area contributed by atoms with Gasteiger partial charge in [-0.1, -0.05) is 13.1 Å². The van der Waals surface area contributed by atoms with E-state index in [4.69, 9.17) is 4.74 Å². The molecular weight excluding hydrogens is 562 g/mol. The highest BCUT2D eigenvalue weighted by molar-refractivity contribution is 7.92. The molecule has 2 aromatic rings. The van der Waals surface area contributed by atoms with Crippen LogP contribution in [0.4, 0.5) is 25.8 Å². The van der Waals surface area contributed by atoms with Gasteiger partial charge in [-0.25, -0.2) is 17.2 Å². The Bertz CT molecular complexity index is 1450. The fourth-order valence-corrected chi connectivity index (χ4v) is 7.73. The number of alkyl halides is 2. The molecule has 1 amide bonds. The van der Waals surface area contributed by atoms with Crippen LogP contribution in [0.15, 0.2) is 41.3 Å². The van der Waals surface area contributed by atoms with Crippen LogP contribution in [0.25, 0.3) is 0 Å². The molecule has 10 nitrogen and oxygen atoms in total. The number of carbonyl (C=O) groups is 2. The van der Waals surface area contributed by atoms with E-state index in [9.17, 15) is 31.6 Å². The number of anilines is 3. The number of hydrogen-bond donors (Lipinski definition) is 2. The van der Waals surface area contributed by atoms with Crippen molar-refractivity contribution < 1.29 is 31.5 Å². The molecule has 4 rings (SSSR count). The van der Waals surface area contributed by atoms with Crippen LogP contribution in [0.3, 0.4) is 0 Å².